The van der Waals surface area contributed by atoms with Crippen molar-refractivity contribution in [2.24, 2.45) is 0 Å². The lowest BCUT2D eigenvalue weighted by molar-refractivity contribution is 0.122. The van der Waals surface area contributed by atoms with Gasteiger partial charge >= 0.3 is 0 Å². The molecule has 5 rings (SSSR count). The molecule has 1 aliphatic rings. The van der Waals surface area contributed by atoms with Crippen molar-refractivity contribution in [1.82, 2.24) is 9.38 Å². The number of hydrogen-bond acceptors (Lipinski definition) is 6. The highest BCUT2D eigenvalue weighted by Gasteiger charge is 2.14. The molecule has 0 amide bonds. The summed E-state index contributed by atoms with van der Waals surface area (Å²) in [4.78, 5) is 20.5. The summed E-state index contributed by atoms with van der Waals surface area (Å²) < 4.78 is 13.4. The smallest absolute Gasteiger partial charge is 0.274 e. The summed E-state index contributed by atoms with van der Waals surface area (Å²) in [7, 11) is 1.66. The second-order valence-corrected chi connectivity index (χ2v) is 7.67. The Hall–Kier alpha value is -2.90. The maximum atomic E-state index is 13.0. The molecule has 0 radical (unpaired) electrons. The third-order valence-electron chi connectivity index (χ3n) is 5.03. The quantitative estimate of drug-likeness (QED) is 0.535. The highest BCUT2D eigenvalue weighted by atomic mass is 32.1. The Morgan fingerprint density at radius 1 is 1.18 bits per heavy atom. The van der Waals surface area contributed by atoms with Gasteiger partial charge in [-0.05, 0) is 30.3 Å². The van der Waals surface area contributed by atoms with E-state index < -0.39 is 0 Å². The van der Waals surface area contributed by atoms with Gasteiger partial charge in [0.05, 0.1) is 35.9 Å². The van der Waals surface area contributed by atoms with Crippen molar-refractivity contribution in [3.63, 3.8) is 0 Å². The minimum atomic E-state index is -0.0481. The van der Waals surface area contributed by atoms with Gasteiger partial charge in [-0.25, -0.2) is 9.38 Å². The number of imidazole rings is 1. The second-order valence-electron chi connectivity index (χ2n) is 6.66. The molecule has 28 heavy (non-hydrogen) atoms. The van der Waals surface area contributed by atoms with Crippen LogP contribution in [-0.4, -0.2) is 42.8 Å². The van der Waals surface area contributed by atoms with Crippen LogP contribution in [0.1, 0.15) is 5.56 Å². The first-order valence-electron chi connectivity index (χ1n) is 9.17. The molecule has 0 bridgehead atoms. The highest BCUT2D eigenvalue weighted by Crippen LogP contribution is 2.27. The van der Waals surface area contributed by atoms with Gasteiger partial charge in [-0.15, -0.1) is 0 Å². The minimum absolute atomic E-state index is 0.0481. The molecule has 1 fully saturated rings. The largest absolute Gasteiger partial charge is 0.496 e. The molecule has 0 saturated carbocycles. The van der Waals surface area contributed by atoms with Crippen molar-refractivity contribution in [2.75, 3.05) is 38.3 Å². The van der Waals surface area contributed by atoms with E-state index in [2.05, 4.69) is 16.0 Å². The molecule has 1 aliphatic heterocycles. The van der Waals surface area contributed by atoms with Gasteiger partial charge in [0.15, 0.2) is 4.96 Å². The monoisotopic (exact) mass is 393 g/mol. The third-order valence-corrected chi connectivity index (χ3v) is 5.99. The fourth-order valence-corrected chi connectivity index (χ4v) is 4.57. The number of rotatable bonds is 3. The number of hydrogen-bond donors (Lipinski definition) is 0. The number of thiazole rings is 1. The van der Waals surface area contributed by atoms with Crippen LogP contribution in [0.4, 0.5) is 5.69 Å². The van der Waals surface area contributed by atoms with Gasteiger partial charge < -0.3 is 14.4 Å². The van der Waals surface area contributed by atoms with Crippen LogP contribution in [0.5, 0.6) is 5.75 Å². The summed E-state index contributed by atoms with van der Waals surface area (Å²) in [5.74, 6) is 0.749. The van der Waals surface area contributed by atoms with E-state index in [1.54, 1.807) is 11.5 Å². The number of fused-ring (bicyclic) bond motifs is 3. The number of para-hydroxylation sites is 2. The molecule has 0 N–H and O–H groups in total. The number of ether oxygens (including phenoxy) is 2. The zero-order valence-electron chi connectivity index (χ0n) is 15.4. The lowest BCUT2D eigenvalue weighted by Crippen LogP contribution is -2.36. The van der Waals surface area contributed by atoms with E-state index in [0.717, 1.165) is 54.3 Å². The number of nitrogens with zero attached hydrogens (tertiary/aromatic N) is 3. The molecule has 0 unspecified atom stereocenters. The van der Waals surface area contributed by atoms with E-state index in [4.69, 9.17) is 9.47 Å². The molecule has 2 aromatic heterocycles. The lowest BCUT2D eigenvalue weighted by atomic mass is 10.1. The minimum Gasteiger partial charge on any atom is -0.496 e. The first kappa shape index (κ1) is 17.2. The Labute approximate surface area is 165 Å². The van der Waals surface area contributed by atoms with Gasteiger partial charge in [0.1, 0.15) is 5.75 Å². The van der Waals surface area contributed by atoms with E-state index >= 15 is 0 Å². The molecule has 3 heterocycles. The summed E-state index contributed by atoms with van der Waals surface area (Å²) in [6.45, 7) is 3.20. The normalized spacial score (nSPS) is 15.6. The number of methoxy groups -OCH3 is 1. The zero-order chi connectivity index (χ0) is 19.1. The Bertz CT molecular complexity index is 1270. The SMILES string of the molecule is COc1cc(N2CCOCC2)ccc1/C=c1\sc2nc3ccccc3n2c1=O. The number of benzene rings is 2. The van der Waals surface area contributed by atoms with E-state index in [0.29, 0.717) is 9.49 Å². The Morgan fingerprint density at radius 2 is 2.00 bits per heavy atom. The van der Waals surface area contributed by atoms with Gasteiger partial charge in [-0.1, -0.05) is 23.5 Å². The molecule has 4 aromatic rings. The average molecular weight is 393 g/mol. The van der Waals surface area contributed by atoms with E-state index in [-0.39, 0.29) is 5.56 Å². The topological polar surface area (TPSA) is 56.1 Å². The van der Waals surface area contributed by atoms with Crippen molar-refractivity contribution in [2.45, 2.75) is 0 Å². The first-order valence-corrected chi connectivity index (χ1v) is 9.99. The maximum Gasteiger partial charge on any atom is 0.274 e. The van der Waals surface area contributed by atoms with Crippen LogP contribution in [0.3, 0.4) is 0 Å². The summed E-state index contributed by atoms with van der Waals surface area (Å²) in [6, 6.07) is 13.8. The van der Waals surface area contributed by atoms with Crippen molar-refractivity contribution in [1.29, 1.82) is 0 Å². The molecule has 0 aliphatic carbocycles. The molecular weight excluding hydrogens is 374 g/mol. The Morgan fingerprint density at radius 3 is 2.82 bits per heavy atom. The lowest BCUT2D eigenvalue weighted by Gasteiger charge is -2.29. The van der Waals surface area contributed by atoms with Crippen LogP contribution >= 0.6 is 11.3 Å². The Balaban J connectivity index is 1.60. The fourth-order valence-electron chi connectivity index (χ4n) is 3.59. The molecular formula is C21H19N3O3S. The molecule has 2 aromatic carbocycles. The number of morpholine rings is 1. The number of aromatic nitrogens is 2. The van der Waals surface area contributed by atoms with Gasteiger partial charge in [-0.2, -0.15) is 0 Å². The van der Waals surface area contributed by atoms with Crippen LogP contribution in [0.2, 0.25) is 0 Å². The predicted octanol–water partition coefficient (Wildman–Crippen LogP) is 2.30. The third kappa shape index (κ3) is 2.83. The summed E-state index contributed by atoms with van der Waals surface area (Å²) >= 11 is 1.40. The van der Waals surface area contributed by atoms with Crippen LogP contribution in [0, 0.1) is 0 Å². The van der Waals surface area contributed by atoms with Crippen LogP contribution in [0.15, 0.2) is 47.3 Å². The van der Waals surface area contributed by atoms with Crippen molar-refractivity contribution < 1.29 is 9.47 Å². The summed E-state index contributed by atoms with van der Waals surface area (Å²) in [5.41, 5.74) is 3.61. The standard InChI is InChI=1S/C21H19N3O3S/c1-26-18-13-15(23-8-10-27-11-9-23)7-6-14(18)12-19-20(25)24-17-5-3-2-4-16(17)22-21(24)28-19/h2-7,12-13H,8-11H2,1H3/b19-12-. The molecule has 142 valence electrons. The molecule has 0 spiro atoms. The van der Waals surface area contributed by atoms with Gasteiger partial charge in [0.25, 0.3) is 5.56 Å². The Kier molecular flexibility index (Phi) is 4.26. The maximum absolute atomic E-state index is 13.0. The van der Waals surface area contributed by atoms with E-state index in [1.165, 1.54) is 11.3 Å². The van der Waals surface area contributed by atoms with Gasteiger partial charge in [-0.3, -0.25) is 4.79 Å². The van der Waals surface area contributed by atoms with Crippen molar-refractivity contribution >= 4 is 39.1 Å². The van der Waals surface area contributed by atoms with Crippen molar-refractivity contribution in [3.8, 4) is 5.75 Å². The average Bonchev–Trinajstić information content (AvgIpc) is 3.25. The van der Waals surface area contributed by atoms with Crippen LogP contribution < -0.4 is 19.7 Å². The molecule has 1 saturated heterocycles. The highest BCUT2D eigenvalue weighted by molar-refractivity contribution is 7.15. The second kappa shape index (κ2) is 6.92. The van der Waals surface area contributed by atoms with Crippen molar-refractivity contribution in [3.05, 3.63) is 62.9 Å². The predicted molar refractivity (Wildman–Crippen MR) is 112 cm³/mol. The van der Waals surface area contributed by atoms with E-state index in [9.17, 15) is 4.79 Å². The van der Waals surface area contributed by atoms with Crippen LogP contribution in [-0.2, 0) is 4.74 Å². The fraction of sp³-hybridized carbons (Fsp3) is 0.238. The van der Waals surface area contributed by atoms with Gasteiger partial charge in [0, 0.05) is 30.4 Å². The molecule has 7 heteroatoms. The van der Waals surface area contributed by atoms with Crippen LogP contribution in [0.25, 0.3) is 22.1 Å². The zero-order valence-corrected chi connectivity index (χ0v) is 16.2. The summed E-state index contributed by atoms with van der Waals surface area (Å²) in [6.07, 6.45) is 1.89. The molecule has 0 atom stereocenters. The van der Waals surface area contributed by atoms with E-state index in [1.807, 2.05) is 42.5 Å². The molecule has 6 nitrogen and oxygen atoms in total. The number of anilines is 1. The first-order chi connectivity index (χ1) is 13.7. The van der Waals surface area contributed by atoms with Gasteiger partial charge in [0.2, 0.25) is 0 Å². The summed E-state index contributed by atoms with van der Waals surface area (Å²) in [5, 5.41) is 0.